The van der Waals surface area contributed by atoms with Crippen molar-refractivity contribution in [3.8, 4) is 11.5 Å². The van der Waals surface area contributed by atoms with Gasteiger partial charge in [-0.2, -0.15) is 4.98 Å². The lowest BCUT2D eigenvalue weighted by molar-refractivity contribution is 0.582. The summed E-state index contributed by atoms with van der Waals surface area (Å²) in [6.45, 7) is 0. The van der Waals surface area contributed by atoms with E-state index >= 15 is 0 Å². The lowest BCUT2D eigenvalue weighted by Gasteiger charge is -2.06. The molecule has 18 heavy (non-hydrogen) atoms. The quantitative estimate of drug-likeness (QED) is 0.578. The van der Waals surface area contributed by atoms with Crippen molar-refractivity contribution in [3.63, 3.8) is 0 Å². The fourth-order valence-corrected chi connectivity index (χ4v) is 1.92. The first-order chi connectivity index (χ1) is 8.56. The van der Waals surface area contributed by atoms with Crippen LogP contribution in [-0.4, -0.2) is 9.55 Å². The van der Waals surface area contributed by atoms with E-state index in [0.29, 0.717) is 10.6 Å². The highest BCUT2D eigenvalue weighted by Gasteiger charge is 2.15. The zero-order valence-electron chi connectivity index (χ0n) is 9.31. The third-order valence-corrected chi connectivity index (χ3v) is 2.97. The van der Waals surface area contributed by atoms with E-state index in [-0.39, 0.29) is 11.5 Å². The van der Waals surface area contributed by atoms with Crippen LogP contribution in [0.15, 0.2) is 38.3 Å². The van der Waals surface area contributed by atoms with Gasteiger partial charge in [0.15, 0.2) is 0 Å². The maximum absolute atomic E-state index is 11.9. The lowest BCUT2D eigenvalue weighted by atomic mass is 10.1. The van der Waals surface area contributed by atoms with Gasteiger partial charge in [0.25, 0.3) is 5.56 Å². The predicted octanol–water partition coefficient (Wildman–Crippen LogP) is 1.64. The normalized spacial score (nSPS) is 11.2. The number of halogens is 1. The van der Waals surface area contributed by atoms with Crippen molar-refractivity contribution >= 4 is 22.6 Å². The van der Waals surface area contributed by atoms with Gasteiger partial charge in [0, 0.05) is 23.5 Å². The third-order valence-electron chi connectivity index (χ3n) is 2.73. The fourth-order valence-electron chi connectivity index (χ4n) is 1.76. The van der Waals surface area contributed by atoms with Gasteiger partial charge < -0.3 is 4.42 Å². The second-order valence-electron chi connectivity index (χ2n) is 3.91. The summed E-state index contributed by atoms with van der Waals surface area (Å²) < 4.78 is 6.38. The van der Waals surface area contributed by atoms with Crippen LogP contribution < -0.4 is 11.2 Å². The van der Waals surface area contributed by atoms with Crippen LogP contribution in [0.1, 0.15) is 0 Å². The molecule has 0 amide bonds. The molecule has 0 aromatic heterocycles. The minimum absolute atomic E-state index is 0.0258. The van der Waals surface area contributed by atoms with Crippen LogP contribution in [0.3, 0.4) is 0 Å². The standard InChI is InChI=1S/C12H7ClN2O3/c1-15-11(16)8-4-6-2-3-7(13)5-9(6)18-10(8)14-12(15)17/h2-5H,1H3. The summed E-state index contributed by atoms with van der Waals surface area (Å²) >= 11 is 5.85. The molecule has 6 heteroatoms. The van der Waals surface area contributed by atoms with E-state index < -0.39 is 11.2 Å². The van der Waals surface area contributed by atoms with E-state index in [1.54, 1.807) is 24.3 Å². The Morgan fingerprint density at radius 3 is 2.83 bits per heavy atom. The van der Waals surface area contributed by atoms with Crippen LogP contribution in [0.2, 0.25) is 5.02 Å². The molecule has 1 aromatic rings. The molecule has 0 fully saturated rings. The number of rotatable bonds is 0. The third kappa shape index (κ3) is 1.52. The van der Waals surface area contributed by atoms with Gasteiger partial charge in [0.1, 0.15) is 11.1 Å². The van der Waals surface area contributed by atoms with Gasteiger partial charge in [-0.1, -0.05) is 11.6 Å². The summed E-state index contributed by atoms with van der Waals surface area (Å²) in [7, 11) is 1.38. The summed E-state index contributed by atoms with van der Waals surface area (Å²) in [5.41, 5.74) is -0.315. The zero-order chi connectivity index (χ0) is 12.9. The Kier molecular flexibility index (Phi) is 2.24. The largest absolute Gasteiger partial charge is 0.437 e. The maximum Gasteiger partial charge on any atom is 0.353 e. The highest BCUT2D eigenvalue weighted by molar-refractivity contribution is 6.31. The van der Waals surface area contributed by atoms with E-state index in [0.717, 1.165) is 9.95 Å². The average Bonchev–Trinajstić information content (AvgIpc) is 2.34. The van der Waals surface area contributed by atoms with Crippen molar-refractivity contribution in [2.45, 2.75) is 0 Å². The maximum atomic E-state index is 11.9. The highest BCUT2D eigenvalue weighted by Crippen LogP contribution is 2.25. The molecule has 0 spiro atoms. The van der Waals surface area contributed by atoms with Gasteiger partial charge in [-0.3, -0.25) is 9.36 Å². The minimum atomic E-state index is -0.641. The van der Waals surface area contributed by atoms with E-state index in [1.807, 2.05) is 0 Å². The average molecular weight is 263 g/mol. The van der Waals surface area contributed by atoms with Crippen molar-refractivity contribution in [1.82, 2.24) is 9.55 Å². The summed E-state index contributed by atoms with van der Waals surface area (Å²) in [6.07, 6.45) is 0. The Labute approximate surface area is 106 Å². The summed E-state index contributed by atoms with van der Waals surface area (Å²) in [6, 6.07) is 6.69. The summed E-state index contributed by atoms with van der Waals surface area (Å²) in [5.74, 6) is 0.0258. The second kappa shape index (κ2) is 3.68. The molecule has 2 aliphatic heterocycles. The molecule has 0 N–H and O–H groups in total. The molecular weight excluding hydrogens is 256 g/mol. The van der Waals surface area contributed by atoms with Crippen LogP contribution in [-0.2, 0) is 7.05 Å². The molecule has 0 radical (unpaired) electrons. The van der Waals surface area contributed by atoms with Crippen LogP contribution >= 0.6 is 11.6 Å². The Balaban J connectivity index is 2.54. The minimum Gasteiger partial charge on any atom is -0.437 e. The number of nitrogens with zero attached hydrogens (tertiary/aromatic N) is 2. The number of fused-ring (bicyclic) bond motifs is 2. The highest BCUT2D eigenvalue weighted by atomic mass is 35.5. The summed E-state index contributed by atoms with van der Waals surface area (Å²) in [5, 5.41) is 1.24. The van der Waals surface area contributed by atoms with E-state index in [2.05, 4.69) is 4.98 Å². The van der Waals surface area contributed by atoms with E-state index in [9.17, 15) is 9.59 Å². The van der Waals surface area contributed by atoms with Crippen molar-refractivity contribution in [3.05, 3.63) is 50.1 Å². The van der Waals surface area contributed by atoms with Gasteiger partial charge >= 0.3 is 5.69 Å². The van der Waals surface area contributed by atoms with Crippen molar-refractivity contribution < 1.29 is 4.42 Å². The number of aromatic nitrogens is 2. The second-order valence-corrected chi connectivity index (χ2v) is 4.34. The Hall–Kier alpha value is -2.14. The monoisotopic (exact) mass is 262 g/mol. The molecule has 0 saturated heterocycles. The molecular formula is C12H7ClN2O3. The van der Waals surface area contributed by atoms with Gasteiger partial charge in [-0.15, -0.1) is 0 Å². The number of hydrogen-bond donors (Lipinski definition) is 0. The first kappa shape index (κ1) is 11.0. The molecule has 3 rings (SSSR count). The van der Waals surface area contributed by atoms with E-state index in [4.69, 9.17) is 16.0 Å². The first-order valence-electron chi connectivity index (χ1n) is 5.16. The van der Waals surface area contributed by atoms with E-state index in [1.165, 1.54) is 7.05 Å². The SMILES string of the molecule is Cn1c(=O)nc2oc3cc(Cl)ccc3cc-2c1=O. The predicted molar refractivity (Wildman–Crippen MR) is 67.2 cm³/mol. The molecule has 0 aliphatic carbocycles. The lowest BCUT2D eigenvalue weighted by Crippen LogP contribution is -2.34. The fraction of sp³-hybridized carbons (Fsp3) is 0.0833. The molecule has 0 bridgehead atoms. The Bertz CT molecular complexity index is 850. The molecule has 1 aromatic carbocycles. The van der Waals surface area contributed by atoms with Gasteiger partial charge in [-0.05, 0) is 18.2 Å². The Morgan fingerprint density at radius 1 is 1.28 bits per heavy atom. The smallest absolute Gasteiger partial charge is 0.353 e. The molecule has 0 saturated carbocycles. The Morgan fingerprint density at radius 2 is 2.06 bits per heavy atom. The van der Waals surface area contributed by atoms with Crippen LogP contribution in [0.4, 0.5) is 0 Å². The number of benzene rings is 1. The van der Waals surface area contributed by atoms with Crippen molar-refractivity contribution in [2.75, 3.05) is 0 Å². The first-order valence-corrected chi connectivity index (χ1v) is 5.54. The topological polar surface area (TPSA) is 65.1 Å². The molecule has 0 unspecified atom stereocenters. The summed E-state index contributed by atoms with van der Waals surface area (Å²) in [4.78, 5) is 27.0. The van der Waals surface area contributed by atoms with Crippen LogP contribution in [0, 0.1) is 0 Å². The van der Waals surface area contributed by atoms with Crippen LogP contribution in [0.25, 0.3) is 22.4 Å². The van der Waals surface area contributed by atoms with Gasteiger partial charge in [0.05, 0.1) is 0 Å². The molecule has 90 valence electrons. The van der Waals surface area contributed by atoms with Gasteiger partial charge in [-0.25, -0.2) is 4.79 Å². The molecule has 2 heterocycles. The van der Waals surface area contributed by atoms with Gasteiger partial charge in [0.2, 0.25) is 5.89 Å². The molecule has 0 atom stereocenters. The zero-order valence-corrected chi connectivity index (χ0v) is 10.1. The van der Waals surface area contributed by atoms with Crippen molar-refractivity contribution in [2.24, 2.45) is 7.05 Å². The molecule has 2 aliphatic rings. The van der Waals surface area contributed by atoms with Crippen LogP contribution in [0.5, 0.6) is 0 Å². The van der Waals surface area contributed by atoms with Crippen molar-refractivity contribution in [1.29, 1.82) is 0 Å². The number of hydrogen-bond acceptors (Lipinski definition) is 4. The molecule has 5 nitrogen and oxygen atoms in total.